The third kappa shape index (κ3) is 3.65. The molecule has 0 spiro atoms. The highest BCUT2D eigenvalue weighted by Gasteiger charge is 2.22. The number of anilines is 2. The topological polar surface area (TPSA) is 95.7 Å². The van der Waals surface area contributed by atoms with Gasteiger partial charge in [0.2, 0.25) is 5.91 Å². The van der Waals surface area contributed by atoms with Gasteiger partial charge in [-0.3, -0.25) is 4.79 Å². The number of rotatable bonds is 4. The molecular weight excluding hydrogens is 270 g/mol. The van der Waals surface area contributed by atoms with E-state index < -0.39 is 5.97 Å². The molecule has 114 valence electrons. The molecule has 2 rings (SSSR count). The third-order valence-corrected chi connectivity index (χ3v) is 3.71. The summed E-state index contributed by atoms with van der Waals surface area (Å²) in [6, 6.07) is 4.07. The molecule has 1 amide bonds. The molecule has 0 aliphatic carbocycles. The largest absolute Gasteiger partial charge is 0.478 e. The number of carbonyl (C=O) groups excluding carboxylic acids is 1. The number of carbonyl (C=O) groups is 2. The van der Waals surface area contributed by atoms with Gasteiger partial charge < -0.3 is 21.1 Å². The molecule has 1 aromatic carbocycles. The van der Waals surface area contributed by atoms with Crippen LogP contribution in [0.4, 0.5) is 11.4 Å². The van der Waals surface area contributed by atoms with Gasteiger partial charge in [0, 0.05) is 13.1 Å². The number of hydrogen-bond acceptors (Lipinski definition) is 4. The van der Waals surface area contributed by atoms with Gasteiger partial charge >= 0.3 is 5.97 Å². The van der Waals surface area contributed by atoms with Crippen molar-refractivity contribution in [3.05, 3.63) is 23.8 Å². The van der Waals surface area contributed by atoms with E-state index in [1.807, 2.05) is 4.90 Å². The fraction of sp³-hybridized carbons (Fsp3) is 0.467. The Balaban J connectivity index is 2.03. The second-order valence-corrected chi connectivity index (χ2v) is 5.36. The summed E-state index contributed by atoms with van der Waals surface area (Å²) >= 11 is 0. The molecule has 1 fully saturated rings. The Bertz CT molecular complexity index is 539. The lowest BCUT2D eigenvalue weighted by Crippen LogP contribution is -2.43. The fourth-order valence-corrected chi connectivity index (χ4v) is 2.51. The van der Waals surface area contributed by atoms with Crippen LogP contribution in [0, 0.1) is 0 Å². The predicted octanol–water partition coefficient (Wildman–Crippen LogP) is 1.78. The Labute approximate surface area is 123 Å². The van der Waals surface area contributed by atoms with E-state index in [0.29, 0.717) is 11.4 Å². The maximum absolute atomic E-state index is 12.3. The summed E-state index contributed by atoms with van der Waals surface area (Å²) in [5.74, 6) is -0.970. The number of nitrogens with one attached hydrogen (secondary N) is 1. The van der Waals surface area contributed by atoms with Gasteiger partial charge in [0.15, 0.2) is 0 Å². The number of hydrogen-bond donors (Lipinski definition) is 3. The minimum absolute atomic E-state index is 0.0522. The van der Waals surface area contributed by atoms with Crippen LogP contribution in [0.3, 0.4) is 0 Å². The van der Waals surface area contributed by atoms with Crippen LogP contribution < -0.4 is 11.1 Å². The first-order valence-electron chi connectivity index (χ1n) is 7.17. The molecule has 1 aromatic rings. The minimum atomic E-state index is -1.02. The Hall–Kier alpha value is -2.24. The second kappa shape index (κ2) is 6.47. The summed E-state index contributed by atoms with van der Waals surface area (Å²) in [5.41, 5.74) is 6.88. The summed E-state index contributed by atoms with van der Waals surface area (Å²) in [6.45, 7) is 3.40. The van der Waals surface area contributed by atoms with E-state index in [9.17, 15) is 9.59 Å². The van der Waals surface area contributed by atoms with Crippen molar-refractivity contribution in [3.8, 4) is 0 Å². The lowest BCUT2D eigenvalue weighted by Gasteiger charge is -2.30. The first kappa shape index (κ1) is 15.2. The normalized spacial score (nSPS) is 16.3. The molecule has 1 saturated heterocycles. The van der Waals surface area contributed by atoms with Crippen molar-refractivity contribution >= 4 is 23.3 Å². The molecule has 0 saturated carbocycles. The molecule has 1 heterocycles. The molecule has 4 N–H and O–H groups in total. The van der Waals surface area contributed by atoms with Gasteiger partial charge in [-0.05, 0) is 44.4 Å². The van der Waals surface area contributed by atoms with E-state index in [-0.39, 0.29) is 17.5 Å². The van der Waals surface area contributed by atoms with Gasteiger partial charge in [0.05, 0.1) is 16.9 Å². The van der Waals surface area contributed by atoms with Crippen LogP contribution in [0.15, 0.2) is 18.2 Å². The maximum atomic E-state index is 12.3. The second-order valence-electron chi connectivity index (χ2n) is 5.36. The Morgan fingerprint density at radius 2 is 1.95 bits per heavy atom. The van der Waals surface area contributed by atoms with E-state index in [1.54, 1.807) is 13.0 Å². The molecule has 0 bridgehead atoms. The Morgan fingerprint density at radius 1 is 1.29 bits per heavy atom. The first-order chi connectivity index (χ1) is 9.99. The van der Waals surface area contributed by atoms with Crippen molar-refractivity contribution in [2.75, 3.05) is 24.1 Å². The quantitative estimate of drug-likeness (QED) is 0.735. The number of amides is 1. The molecular formula is C15H21N3O3. The van der Waals surface area contributed by atoms with E-state index >= 15 is 0 Å². The smallest absolute Gasteiger partial charge is 0.335 e. The molecule has 1 aliphatic heterocycles. The number of carboxylic acid groups (broad SMARTS) is 1. The summed E-state index contributed by atoms with van der Waals surface area (Å²) in [5, 5.41) is 12.0. The summed E-state index contributed by atoms with van der Waals surface area (Å²) in [7, 11) is 0. The zero-order valence-electron chi connectivity index (χ0n) is 12.1. The number of likely N-dealkylation sites (tertiary alicyclic amines) is 1. The van der Waals surface area contributed by atoms with E-state index in [1.165, 1.54) is 18.6 Å². The van der Waals surface area contributed by atoms with Crippen LogP contribution in [0.5, 0.6) is 0 Å². The number of benzene rings is 1. The maximum Gasteiger partial charge on any atom is 0.335 e. The van der Waals surface area contributed by atoms with Crippen molar-refractivity contribution in [1.29, 1.82) is 0 Å². The van der Waals surface area contributed by atoms with Gasteiger partial charge in [-0.1, -0.05) is 0 Å². The van der Waals surface area contributed by atoms with Crippen LogP contribution in [0.1, 0.15) is 36.5 Å². The highest BCUT2D eigenvalue weighted by Crippen LogP contribution is 2.21. The van der Waals surface area contributed by atoms with Gasteiger partial charge in [0.1, 0.15) is 6.04 Å². The highest BCUT2D eigenvalue weighted by molar-refractivity contribution is 5.91. The van der Waals surface area contributed by atoms with Crippen LogP contribution in [0.25, 0.3) is 0 Å². The van der Waals surface area contributed by atoms with E-state index in [4.69, 9.17) is 10.8 Å². The standard InChI is InChI=1S/C15H21N3O3/c1-10(14(19)18-7-3-2-4-8-18)17-13-6-5-11(15(20)21)9-12(13)16/h5-6,9-10,17H,2-4,7-8,16H2,1H3,(H,20,21). The van der Waals surface area contributed by atoms with Crippen molar-refractivity contribution in [1.82, 2.24) is 4.90 Å². The number of aromatic carboxylic acids is 1. The van der Waals surface area contributed by atoms with Crippen molar-refractivity contribution in [2.45, 2.75) is 32.2 Å². The molecule has 21 heavy (non-hydrogen) atoms. The van der Waals surface area contributed by atoms with Crippen molar-refractivity contribution in [2.24, 2.45) is 0 Å². The van der Waals surface area contributed by atoms with Crippen LogP contribution >= 0.6 is 0 Å². The lowest BCUT2D eigenvalue weighted by molar-refractivity contribution is -0.132. The molecule has 1 unspecified atom stereocenters. The number of piperidine rings is 1. The first-order valence-corrected chi connectivity index (χ1v) is 7.17. The van der Waals surface area contributed by atoms with Gasteiger partial charge in [-0.25, -0.2) is 4.79 Å². The number of nitrogens with zero attached hydrogens (tertiary/aromatic N) is 1. The van der Waals surface area contributed by atoms with E-state index in [0.717, 1.165) is 25.9 Å². The fourth-order valence-electron chi connectivity index (χ4n) is 2.51. The average molecular weight is 291 g/mol. The Kier molecular flexibility index (Phi) is 4.67. The number of carboxylic acids is 1. The van der Waals surface area contributed by atoms with Crippen LogP contribution in [0.2, 0.25) is 0 Å². The molecule has 0 radical (unpaired) electrons. The Morgan fingerprint density at radius 3 is 2.52 bits per heavy atom. The molecule has 6 heteroatoms. The van der Waals surface area contributed by atoms with Gasteiger partial charge in [-0.2, -0.15) is 0 Å². The summed E-state index contributed by atoms with van der Waals surface area (Å²) < 4.78 is 0. The van der Waals surface area contributed by atoms with E-state index in [2.05, 4.69) is 5.32 Å². The molecule has 1 atom stereocenters. The average Bonchev–Trinajstić information content (AvgIpc) is 2.49. The van der Waals surface area contributed by atoms with Crippen LogP contribution in [-0.2, 0) is 4.79 Å². The van der Waals surface area contributed by atoms with Gasteiger partial charge in [0.25, 0.3) is 0 Å². The monoisotopic (exact) mass is 291 g/mol. The van der Waals surface area contributed by atoms with Crippen molar-refractivity contribution < 1.29 is 14.7 Å². The number of nitrogens with two attached hydrogens (primary N) is 1. The molecule has 1 aliphatic rings. The molecule has 6 nitrogen and oxygen atoms in total. The SMILES string of the molecule is CC(Nc1ccc(C(=O)O)cc1N)C(=O)N1CCCCC1. The zero-order chi connectivity index (χ0) is 15.4. The minimum Gasteiger partial charge on any atom is -0.478 e. The lowest BCUT2D eigenvalue weighted by atomic mass is 10.1. The summed E-state index contributed by atoms with van der Waals surface area (Å²) in [4.78, 5) is 25.0. The zero-order valence-corrected chi connectivity index (χ0v) is 12.1. The third-order valence-electron chi connectivity index (χ3n) is 3.71. The summed E-state index contributed by atoms with van der Waals surface area (Å²) in [6.07, 6.45) is 3.27. The van der Waals surface area contributed by atoms with Gasteiger partial charge in [-0.15, -0.1) is 0 Å². The highest BCUT2D eigenvalue weighted by atomic mass is 16.4. The van der Waals surface area contributed by atoms with Crippen LogP contribution in [-0.4, -0.2) is 41.0 Å². The van der Waals surface area contributed by atoms with Crippen molar-refractivity contribution in [3.63, 3.8) is 0 Å². The predicted molar refractivity (Wildman–Crippen MR) is 81.3 cm³/mol. The molecule has 0 aromatic heterocycles. The number of nitrogen functional groups attached to an aromatic ring is 1.